The first-order valence-electron chi connectivity index (χ1n) is 7.76. The van der Waals surface area contributed by atoms with Crippen LogP contribution in [0, 0.1) is 0 Å². The quantitative estimate of drug-likeness (QED) is 0.657. The van der Waals surface area contributed by atoms with E-state index in [1.54, 1.807) is 6.07 Å². The number of rotatable bonds is 2. The number of fused-ring (bicyclic) bond motifs is 1. The Hall–Kier alpha value is -2.19. The molecule has 3 aromatic rings. The van der Waals surface area contributed by atoms with Gasteiger partial charge in [-0.1, -0.05) is 30.3 Å². The Balaban J connectivity index is 1.75. The van der Waals surface area contributed by atoms with E-state index in [-0.39, 0.29) is 11.5 Å². The molecule has 2 N–H and O–H groups in total. The van der Waals surface area contributed by atoms with Crippen molar-refractivity contribution in [3.05, 3.63) is 61.9 Å². The highest BCUT2D eigenvalue weighted by atomic mass is 79.9. The number of hydrogen-bond donors (Lipinski definition) is 2. The number of benzene rings is 1. The van der Waals surface area contributed by atoms with Crippen LogP contribution in [0.5, 0.6) is 0 Å². The van der Waals surface area contributed by atoms with Crippen molar-refractivity contribution in [3.8, 4) is 0 Å². The summed E-state index contributed by atoms with van der Waals surface area (Å²) in [4.78, 5) is 32.7. The summed E-state index contributed by atoms with van der Waals surface area (Å²) in [6.07, 6.45) is -0.409. The fourth-order valence-corrected chi connectivity index (χ4v) is 4.78. The second-order valence-electron chi connectivity index (χ2n) is 6.01. The molecule has 1 saturated heterocycles. The van der Waals surface area contributed by atoms with Crippen LogP contribution in [0.25, 0.3) is 10.2 Å². The molecule has 1 fully saturated rings. The number of H-pyrrole nitrogens is 1. The Bertz CT molecular complexity index is 1000. The Morgan fingerprint density at radius 3 is 2.84 bits per heavy atom. The predicted octanol–water partition coefficient (Wildman–Crippen LogP) is 3.96. The third-order valence-electron chi connectivity index (χ3n) is 4.50. The number of aromatic amines is 1. The van der Waals surface area contributed by atoms with Crippen molar-refractivity contribution in [1.82, 2.24) is 14.9 Å². The molecule has 2 atom stereocenters. The number of amides is 1. The number of thiophene rings is 1. The molecule has 0 bridgehead atoms. The summed E-state index contributed by atoms with van der Waals surface area (Å²) in [5.74, 6) is 0.487. The smallest absolute Gasteiger partial charge is 0.407 e. The highest BCUT2D eigenvalue weighted by molar-refractivity contribution is 9.11. The van der Waals surface area contributed by atoms with Gasteiger partial charge in [-0.3, -0.25) is 9.69 Å². The molecule has 0 saturated carbocycles. The van der Waals surface area contributed by atoms with Gasteiger partial charge in [-0.2, -0.15) is 0 Å². The average molecular weight is 420 g/mol. The normalized spacial score (nSPS) is 20.3. The lowest BCUT2D eigenvalue weighted by molar-refractivity contribution is 0.138. The molecule has 1 aromatic carbocycles. The van der Waals surface area contributed by atoms with Gasteiger partial charge in [0.2, 0.25) is 0 Å². The van der Waals surface area contributed by atoms with Gasteiger partial charge < -0.3 is 10.1 Å². The van der Waals surface area contributed by atoms with Crippen LogP contribution in [0.1, 0.15) is 29.8 Å². The fraction of sp³-hybridized carbons (Fsp3) is 0.235. The number of nitrogens with zero attached hydrogens (tertiary/aromatic N) is 2. The first-order valence-corrected chi connectivity index (χ1v) is 9.37. The molecule has 6 nitrogen and oxygen atoms in total. The maximum Gasteiger partial charge on any atom is 0.407 e. The van der Waals surface area contributed by atoms with Crippen molar-refractivity contribution in [3.63, 3.8) is 0 Å². The molecule has 0 aliphatic carbocycles. The van der Waals surface area contributed by atoms with Crippen LogP contribution >= 0.6 is 27.3 Å². The van der Waals surface area contributed by atoms with Gasteiger partial charge in [-0.25, -0.2) is 9.78 Å². The highest BCUT2D eigenvalue weighted by Gasteiger charge is 2.38. The number of aromatic nitrogens is 2. The average Bonchev–Trinajstić information content (AvgIpc) is 3.19. The zero-order valence-corrected chi connectivity index (χ0v) is 15.4. The topological polar surface area (TPSA) is 86.3 Å². The summed E-state index contributed by atoms with van der Waals surface area (Å²) in [5, 5.41) is 9.60. The van der Waals surface area contributed by atoms with Gasteiger partial charge >= 0.3 is 6.09 Å². The van der Waals surface area contributed by atoms with E-state index in [1.807, 2.05) is 30.3 Å². The lowest BCUT2D eigenvalue weighted by atomic mass is 9.96. The Morgan fingerprint density at radius 2 is 2.12 bits per heavy atom. The summed E-state index contributed by atoms with van der Waals surface area (Å²) in [6.45, 7) is 0.388. The number of nitrogens with one attached hydrogen (secondary N) is 1. The van der Waals surface area contributed by atoms with E-state index >= 15 is 0 Å². The molecule has 4 rings (SSSR count). The molecule has 1 aliphatic heterocycles. The van der Waals surface area contributed by atoms with Crippen LogP contribution in [-0.4, -0.2) is 32.6 Å². The van der Waals surface area contributed by atoms with Crippen LogP contribution in [0.15, 0.2) is 45.0 Å². The van der Waals surface area contributed by atoms with Crippen molar-refractivity contribution < 1.29 is 9.90 Å². The molecule has 0 radical (unpaired) electrons. The fourth-order valence-electron chi connectivity index (χ4n) is 3.36. The Morgan fingerprint density at radius 1 is 1.36 bits per heavy atom. The van der Waals surface area contributed by atoms with E-state index < -0.39 is 12.1 Å². The second kappa shape index (κ2) is 6.27. The van der Waals surface area contributed by atoms with Gasteiger partial charge in [0.05, 0.1) is 15.3 Å². The maximum absolute atomic E-state index is 12.3. The monoisotopic (exact) mass is 419 g/mol. The number of likely N-dealkylation sites (tertiary alicyclic amines) is 1. The van der Waals surface area contributed by atoms with Crippen molar-refractivity contribution in [2.45, 2.75) is 18.4 Å². The van der Waals surface area contributed by atoms with Crippen LogP contribution in [0.2, 0.25) is 0 Å². The zero-order valence-electron chi connectivity index (χ0n) is 13.0. The minimum atomic E-state index is -1.00. The largest absolute Gasteiger partial charge is 0.465 e. The van der Waals surface area contributed by atoms with Gasteiger partial charge in [-0.05, 0) is 34.0 Å². The van der Waals surface area contributed by atoms with Crippen molar-refractivity contribution in [2.75, 3.05) is 6.54 Å². The van der Waals surface area contributed by atoms with Gasteiger partial charge in [0.1, 0.15) is 10.5 Å². The van der Waals surface area contributed by atoms with Crippen LogP contribution < -0.4 is 5.56 Å². The molecular formula is C17H14BrN3O3S. The van der Waals surface area contributed by atoms with E-state index in [2.05, 4.69) is 25.9 Å². The third-order valence-corrected chi connectivity index (χ3v) is 6.13. The predicted molar refractivity (Wildman–Crippen MR) is 99.2 cm³/mol. The highest BCUT2D eigenvalue weighted by Crippen LogP contribution is 2.39. The Kier molecular flexibility index (Phi) is 4.09. The van der Waals surface area contributed by atoms with Gasteiger partial charge in [0.15, 0.2) is 0 Å². The Labute approximate surface area is 155 Å². The summed E-state index contributed by atoms with van der Waals surface area (Å²) >= 11 is 4.68. The molecule has 1 amide bonds. The van der Waals surface area contributed by atoms with Gasteiger partial charge in [-0.15, -0.1) is 11.3 Å². The summed E-state index contributed by atoms with van der Waals surface area (Å²) in [7, 11) is 0. The zero-order chi connectivity index (χ0) is 17.6. The standard InChI is InChI=1S/C17H14BrN3O3S/c18-13-7-11-14(25-13)16(22)20-15(19-11)12-6-10(8-21(12)17(23)24)9-4-2-1-3-5-9/h1-5,7,10,12H,6,8H2,(H,23,24)(H,19,20,22)/t10-,12+/m1/s1. The van der Waals surface area contributed by atoms with Crippen molar-refractivity contribution >= 4 is 43.6 Å². The SMILES string of the molecule is O=C(O)N1C[C@H](c2ccccc2)C[C@H]1c1nc2cc(Br)sc2c(=O)[nH]1. The van der Waals surface area contributed by atoms with E-state index in [0.717, 1.165) is 9.35 Å². The number of halogens is 1. The number of carboxylic acid groups (broad SMARTS) is 1. The molecule has 3 heterocycles. The van der Waals surface area contributed by atoms with Gasteiger partial charge in [0, 0.05) is 12.5 Å². The van der Waals surface area contributed by atoms with E-state index in [1.165, 1.54) is 16.2 Å². The number of hydrogen-bond acceptors (Lipinski definition) is 4. The lowest BCUT2D eigenvalue weighted by Gasteiger charge is -2.20. The minimum Gasteiger partial charge on any atom is -0.465 e. The second-order valence-corrected chi connectivity index (χ2v) is 8.44. The molecule has 0 spiro atoms. The molecule has 0 unspecified atom stereocenters. The van der Waals surface area contributed by atoms with Crippen molar-refractivity contribution in [2.24, 2.45) is 0 Å². The van der Waals surface area contributed by atoms with E-state index in [0.29, 0.717) is 29.0 Å². The molecule has 2 aromatic heterocycles. The van der Waals surface area contributed by atoms with E-state index in [4.69, 9.17) is 0 Å². The van der Waals surface area contributed by atoms with Gasteiger partial charge in [0.25, 0.3) is 5.56 Å². The molecular weight excluding hydrogens is 406 g/mol. The van der Waals surface area contributed by atoms with Crippen LogP contribution in [0.4, 0.5) is 4.79 Å². The molecule has 8 heteroatoms. The third kappa shape index (κ3) is 2.96. The maximum atomic E-state index is 12.3. The molecule has 1 aliphatic rings. The van der Waals surface area contributed by atoms with Crippen LogP contribution in [0.3, 0.4) is 0 Å². The number of carbonyl (C=O) groups is 1. The van der Waals surface area contributed by atoms with Crippen LogP contribution in [-0.2, 0) is 0 Å². The summed E-state index contributed by atoms with van der Waals surface area (Å²) in [5.41, 5.74) is 1.45. The first kappa shape index (κ1) is 16.3. The van der Waals surface area contributed by atoms with Crippen molar-refractivity contribution in [1.29, 1.82) is 0 Å². The minimum absolute atomic E-state index is 0.0810. The van der Waals surface area contributed by atoms with E-state index in [9.17, 15) is 14.7 Å². The molecule has 128 valence electrons. The summed E-state index contributed by atoms with van der Waals surface area (Å²) < 4.78 is 1.36. The lowest BCUT2D eigenvalue weighted by Crippen LogP contribution is -2.31. The molecule has 25 heavy (non-hydrogen) atoms. The first-order chi connectivity index (χ1) is 12.0. The summed E-state index contributed by atoms with van der Waals surface area (Å²) in [6, 6.07) is 11.2.